The molecule has 0 amide bonds. The Balaban J connectivity index is 1.97. The van der Waals surface area contributed by atoms with Crippen molar-refractivity contribution in [2.45, 2.75) is 45.7 Å². The molecule has 1 aromatic carbocycles. The molecule has 0 aromatic heterocycles. The highest BCUT2D eigenvalue weighted by atomic mass is 19.1. The zero-order valence-electron chi connectivity index (χ0n) is 10.3. The van der Waals surface area contributed by atoms with E-state index >= 15 is 0 Å². The lowest BCUT2D eigenvalue weighted by Crippen LogP contribution is -2.35. The SMILES string of the molecule is CC(N[C@@H](C)c1ccc(F)cc1)C1(C)CC1. The van der Waals surface area contributed by atoms with E-state index in [4.69, 9.17) is 0 Å². The molecule has 2 heteroatoms. The van der Waals surface area contributed by atoms with Crippen molar-refractivity contribution >= 4 is 0 Å². The van der Waals surface area contributed by atoms with Gasteiger partial charge < -0.3 is 5.32 Å². The van der Waals surface area contributed by atoms with E-state index in [2.05, 4.69) is 26.1 Å². The second-order valence-corrected chi connectivity index (χ2v) is 5.32. The van der Waals surface area contributed by atoms with Crippen molar-refractivity contribution in [1.29, 1.82) is 0 Å². The molecule has 1 fully saturated rings. The predicted octanol–water partition coefficient (Wildman–Crippen LogP) is 3.66. The Bertz CT molecular complexity index is 354. The molecular formula is C14H20FN. The Hall–Kier alpha value is -0.890. The molecular weight excluding hydrogens is 201 g/mol. The minimum Gasteiger partial charge on any atom is -0.307 e. The fourth-order valence-electron chi connectivity index (χ4n) is 2.05. The first kappa shape index (κ1) is 11.6. The summed E-state index contributed by atoms with van der Waals surface area (Å²) in [5, 5.41) is 3.60. The van der Waals surface area contributed by atoms with Crippen LogP contribution < -0.4 is 5.32 Å². The van der Waals surface area contributed by atoms with E-state index in [0.29, 0.717) is 11.5 Å². The number of benzene rings is 1. The predicted molar refractivity (Wildman–Crippen MR) is 64.8 cm³/mol. The third kappa shape index (κ3) is 2.43. The largest absolute Gasteiger partial charge is 0.307 e. The number of nitrogens with one attached hydrogen (secondary N) is 1. The third-order valence-electron chi connectivity index (χ3n) is 3.95. The van der Waals surface area contributed by atoms with Gasteiger partial charge in [0.1, 0.15) is 5.82 Å². The summed E-state index contributed by atoms with van der Waals surface area (Å²) in [5.41, 5.74) is 1.63. The summed E-state index contributed by atoms with van der Waals surface area (Å²) >= 11 is 0. The summed E-state index contributed by atoms with van der Waals surface area (Å²) in [6.07, 6.45) is 2.63. The minimum atomic E-state index is -0.168. The summed E-state index contributed by atoms with van der Waals surface area (Å²) < 4.78 is 12.8. The van der Waals surface area contributed by atoms with Crippen LogP contribution in [0.15, 0.2) is 24.3 Å². The van der Waals surface area contributed by atoms with Crippen molar-refractivity contribution in [1.82, 2.24) is 5.32 Å². The highest BCUT2D eigenvalue weighted by Gasteiger charge is 2.42. The average molecular weight is 221 g/mol. The molecule has 0 radical (unpaired) electrons. The van der Waals surface area contributed by atoms with E-state index in [-0.39, 0.29) is 11.9 Å². The summed E-state index contributed by atoms with van der Waals surface area (Å²) in [4.78, 5) is 0. The maximum atomic E-state index is 12.8. The quantitative estimate of drug-likeness (QED) is 0.818. The second kappa shape index (κ2) is 4.17. The van der Waals surface area contributed by atoms with E-state index in [0.717, 1.165) is 5.56 Å². The van der Waals surface area contributed by atoms with Crippen molar-refractivity contribution in [3.63, 3.8) is 0 Å². The molecule has 0 heterocycles. The molecule has 1 aromatic rings. The molecule has 1 aliphatic rings. The van der Waals surface area contributed by atoms with Crippen LogP contribution in [-0.4, -0.2) is 6.04 Å². The maximum absolute atomic E-state index is 12.8. The van der Waals surface area contributed by atoms with Gasteiger partial charge in [-0.25, -0.2) is 4.39 Å². The maximum Gasteiger partial charge on any atom is 0.123 e. The summed E-state index contributed by atoms with van der Waals surface area (Å²) in [7, 11) is 0. The Morgan fingerprint density at radius 1 is 1.19 bits per heavy atom. The Labute approximate surface area is 97.1 Å². The first-order chi connectivity index (χ1) is 7.51. The van der Waals surface area contributed by atoms with Crippen LogP contribution in [0.4, 0.5) is 4.39 Å². The lowest BCUT2D eigenvalue weighted by atomic mass is 9.98. The van der Waals surface area contributed by atoms with Gasteiger partial charge in [-0.1, -0.05) is 19.1 Å². The van der Waals surface area contributed by atoms with Crippen molar-refractivity contribution in [2.24, 2.45) is 5.41 Å². The van der Waals surface area contributed by atoms with Crippen LogP contribution in [0.5, 0.6) is 0 Å². The number of hydrogen-bond donors (Lipinski definition) is 1. The molecule has 1 aliphatic carbocycles. The zero-order valence-corrected chi connectivity index (χ0v) is 10.3. The standard InChI is InChI=1S/C14H20FN/c1-10(12-4-6-13(15)7-5-12)16-11(2)14(3)8-9-14/h4-7,10-11,16H,8-9H2,1-3H3/t10-,11?/m0/s1. The molecule has 2 rings (SSSR count). The zero-order chi connectivity index (χ0) is 11.8. The Morgan fingerprint density at radius 2 is 1.75 bits per heavy atom. The van der Waals surface area contributed by atoms with Crippen LogP contribution in [0.1, 0.15) is 45.2 Å². The van der Waals surface area contributed by atoms with Gasteiger partial charge in [-0.15, -0.1) is 0 Å². The number of hydrogen-bond acceptors (Lipinski definition) is 1. The molecule has 1 saturated carbocycles. The van der Waals surface area contributed by atoms with Gasteiger partial charge in [0.25, 0.3) is 0 Å². The fourth-order valence-corrected chi connectivity index (χ4v) is 2.05. The molecule has 1 nitrogen and oxygen atoms in total. The van der Waals surface area contributed by atoms with Crippen LogP contribution in [-0.2, 0) is 0 Å². The summed E-state index contributed by atoms with van der Waals surface area (Å²) in [6.45, 7) is 6.70. The van der Waals surface area contributed by atoms with Crippen molar-refractivity contribution in [2.75, 3.05) is 0 Å². The van der Waals surface area contributed by atoms with Crippen molar-refractivity contribution in [3.8, 4) is 0 Å². The summed E-state index contributed by atoms with van der Waals surface area (Å²) in [6, 6.07) is 7.57. The number of halogens is 1. The Morgan fingerprint density at radius 3 is 2.25 bits per heavy atom. The second-order valence-electron chi connectivity index (χ2n) is 5.32. The van der Waals surface area contributed by atoms with Crippen molar-refractivity contribution < 1.29 is 4.39 Å². The summed E-state index contributed by atoms with van der Waals surface area (Å²) in [5.74, 6) is -0.168. The molecule has 16 heavy (non-hydrogen) atoms. The van der Waals surface area contributed by atoms with Gasteiger partial charge in [0.05, 0.1) is 0 Å². The van der Waals surface area contributed by atoms with Crippen LogP contribution >= 0.6 is 0 Å². The first-order valence-electron chi connectivity index (χ1n) is 6.03. The lowest BCUT2D eigenvalue weighted by molar-refractivity contribution is 0.350. The molecule has 1 N–H and O–H groups in total. The molecule has 0 bridgehead atoms. The average Bonchev–Trinajstić information content (AvgIpc) is 2.99. The number of rotatable bonds is 4. The highest BCUT2D eigenvalue weighted by Crippen LogP contribution is 2.48. The molecule has 2 atom stereocenters. The van der Waals surface area contributed by atoms with E-state index in [1.54, 1.807) is 0 Å². The monoisotopic (exact) mass is 221 g/mol. The highest BCUT2D eigenvalue weighted by molar-refractivity contribution is 5.19. The van der Waals surface area contributed by atoms with Gasteiger partial charge >= 0.3 is 0 Å². The fraction of sp³-hybridized carbons (Fsp3) is 0.571. The minimum absolute atomic E-state index is 0.168. The van der Waals surface area contributed by atoms with Gasteiger partial charge in [0.2, 0.25) is 0 Å². The van der Waals surface area contributed by atoms with E-state index in [9.17, 15) is 4.39 Å². The van der Waals surface area contributed by atoms with Crippen LogP contribution in [0.25, 0.3) is 0 Å². The smallest absolute Gasteiger partial charge is 0.123 e. The van der Waals surface area contributed by atoms with Crippen LogP contribution in [0, 0.1) is 11.2 Å². The van der Waals surface area contributed by atoms with E-state index in [1.807, 2.05) is 12.1 Å². The van der Waals surface area contributed by atoms with Gasteiger partial charge in [-0.05, 0) is 49.8 Å². The van der Waals surface area contributed by atoms with Gasteiger partial charge in [0, 0.05) is 12.1 Å². The molecule has 0 saturated heterocycles. The van der Waals surface area contributed by atoms with E-state index in [1.165, 1.54) is 25.0 Å². The van der Waals surface area contributed by atoms with Crippen molar-refractivity contribution in [3.05, 3.63) is 35.6 Å². The molecule has 0 aliphatic heterocycles. The van der Waals surface area contributed by atoms with Gasteiger partial charge in [-0.3, -0.25) is 0 Å². The van der Waals surface area contributed by atoms with Gasteiger partial charge in [0.15, 0.2) is 0 Å². The first-order valence-corrected chi connectivity index (χ1v) is 6.03. The van der Waals surface area contributed by atoms with Crippen LogP contribution in [0.3, 0.4) is 0 Å². The lowest BCUT2D eigenvalue weighted by Gasteiger charge is -2.25. The topological polar surface area (TPSA) is 12.0 Å². The molecule has 0 spiro atoms. The normalized spacial score (nSPS) is 21.5. The van der Waals surface area contributed by atoms with E-state index < -0.39 is 0 Å². The van der Waals surface area contributed by atoms with Crippen LogP contribution in [0.2, 0.25) is 0 Å². The third-order valence-corrected chi connectivity index (χ3v) is 3.95. The van der Waals surface area contributed by atoms with Gasteiger partial charge in [-0.2, -0.15) is 0 Å². The Kier molecular flexibility index (Phi) is 3.02. The molecule has 1 unspecified atom stereocenters. The molecule has 88 valence electrons.